The van der Waals surface area contributed by atoms with E-state index in [0.717, 1.165) is 28.0 Å². The largest absolute Gasteiger partial charge is 0.491 e. The first-order valence-corrected chi connectivity index (χ1v) is 9.83. The maximum Gasteiger partial charge on any atom is 0.253 e. The average Bonchev–Trinajstić information content (AvgIpc) is 2.68. The molecule has 5 nitrogen and oxygen atoms in total. The molecule has 0 saturated carbocycles. The lowest BCUT2D eigenvalue weighted by atomic mass is 10.2. The van der Waals surface area contributed by atoms with Crippen molar-refractivity contribution >= 4 is 28.5 Å². The summed E-state index contributed by atoms with van der Waals surface area (Å²) >= 11 is 2.25. The predicted octanol–water partition coefficient (Wildman–Crippen LogP) is 2.49. The Morgan fingerprint density at radius 3 is 2.35 bits per heavy atom. The van der Waals surface area contributed by atoms with Gasteiger partial charge in [0.15, 0.2) is 0 Å². The molecule has 1 saturated heterocycles. The fourth-order valence-electron chi connectivity index (χ4n) is 2.97. The normalized spacial score (nSPS) is 16.3. The van der Waals surface area contributed by atoms with E-state index < -0.39 is 6.10 Å². The predicted molar refractivity (Wildman–Crippen MR) is 109 cm³/mol. The summed E-state index contributed by atoms with van der Waals surface area (Å²) < 4.78 is 6.79. The van der Waals surface area contributed by atoms with Gasteiger partial charge in [0.25, 0.3) is 5.91 Å². The van der Waals surface area contributed by atoms with E-state index in [1.165, 1.54) is 0 Å². The summed E-state index contributed by atoms with van der Waals surface area (Å²) in [6.45, 7) is 3.71. The molecule has 2 aromatic rings. The van der Waals surface area contributed by atoms with Crippen molar-refractivity contribution in [2.24, 2.45) is 0 Å². The summed E-state index contributed by atoms with van der Waals surface area (Å²) in [6, 6.07) is 17.1. The lowest BCUT2D eigenvalue weighted by Crippen LogP contribution is -2.50. The van der Waals surface area contributed by atoms with Crippen molar-refractivity contribution in [1.82, 2.24) is 9.80 Å². The third-order valence-electron chi connectivity index (χ3n) is 4.41. The second-order valence-electron chi connectivity index (χ2n) is 6.38. The van der Waals surface area contributed by atoms with E-state index in [1.54, 1.807) is 0 Å². The minimum Gasteiger partial charge on any atom is -0.491 e. The molecule has 3 rings (SSSR count). The molecule has 26 heavy (non-hydrogen) atoms. The topological polar surface area (TPSA) is 53.0 Å². The average molecular weight is 466 g/mol. The first-order valence-electron chi connectivity index (χ1n) is 8.75. The van der Waals surface area contributed by atoms with Gasteiger partial charge in [-0.05, 0) is 59.0 Å². The quantitative estimate of drug-likeness (QED) is 0.665. The molecule has 0 radical (unpaired) electrons. The zero-order valence-electron chi connectivity index (χ0n) is 14.6. The molecule has 2 aromatic carbocycles. The van der Waals surface area contributed by atoms with E-state index >= 15 is 0 Å². The lowest BCUT2D eigenvalue weighted by molar-refractivity contribution is 0.0403. The second-order valence-corrected chi connectivity index (χ2v) is 7.62. The van der Waals surface area contributed by atoms with Crippen molar-refractivity contribution < 1.29 is 14.6 Å². The maximum absolute atomic E-state index is 12.4. The summed E-state index contributed by atoms with van der Waals surface area (Å²) in [7, 11) is 0. The monoisotopic (exact) mass is 466 g/mol. The van der Waals surface area contributed by atoms with Gasteiger partial charge in [0, 0.05) is 41.9 Å². The highest BCUT2D eigenvalue weighted by molar-refractivity contribution is 14.1. The highest BCUT2D eigenvalue weighted by Crippen LogP contribution is 2.14. The Morgan fingerprint density at radius 2 is 1.69 bits per heavy atom. The minimum absolute atomic E-state index is 0.0767. The number of β-amino-alcohol motifs (C(OH)–C–C–N with tert-alkyl or cyclic N) is 1. The molecule has 0 spiro atoms. The Hall–Kier alpha value is -1.64. The first kappa shape index (κ1) is 19.1. The highest BCUT2D eigenvalue weighted by Gasteiger charge is 2.23. The number of hydrogen-bond donors (Lipinski definition) is 1. The fraction of sp³-hybridized carbons (Fsp3) is 0.350. The summed E-state index contributed by atoms with van der Waals surface area (Å²) in [6.07, 6.45) is -0.550. The summed E-state index contributed by atoms with van der Waals surface area (Å²) in [4.78, 5) is 16.5. The van der Waals surface area contributed by atoms with Crippen LogP contribution in [0.2, 0.25) is 0 Å². The molecule has 1 aliphatic rings. The molecule has 1 fully saturated rings. The molecule has 1 N–H and O–H groups in total. The molecular weight excluding hydrogens is 443 g/mol. The maximum atomic E-state index is 12.4. The van der Waals surface area contributed by atoms with Crippen LogP contribution in [0.15, 0.2) is 54.6 Å². The van der Waals surface area contributed by atoms with Crippen LogP contribution in [0.3, 0.4) is 0 Å². The number of amides is 1. The van der Waals surface area contributed by atoms with Gasteiger partial charge in [-0.15, -0.1) is 0 Å². The van der Waals surface area contributed by atoms with Gasteiger partial charge in [0.2, 0.25) is 0 Å². The van der Waals surface area contributed by atoms with Crippen LogP contribution in [0, 0.1) is 3.57 Å². The summed E-state index contributed by atoms with van der Waals surface area (Å²) in [5.41, 5.74) is 0.729. The van der Waals surface area contributed by atoms with Crippen LogP contribution in [0.5, 0.6) is 5.75 Å². The minimum atomic E-state index is -0.550. The summed E-state index contributed by atoms with van der Waals surface area (Å²) in [5, 5.41) is 10.2. The van der Waals surface area contributed by atoms with Crippen LogP contribution >= 0.6 is 22.6 Å². The van der Waals surface area contributed by atoms with Crippen LogP contribution < -0.4 is 4.74 Å². The van der Waals surface area contributed by atoms with Gasteiger partial charge in [0.05, 0.1) is 0 Å². The van der Waals surface area contributed by atoms with Crippen molar-refractivity contribution in [1.29, 1.82) is 0 Å². The molecule has 1 amide bonds. The third-order valence-corrected chi connectivity index (χ3v) is 5.12. The van der Waals surface area contributed by atoms with Crippen molar-refractivity contribution in [2.75, 3.05) is 39.3 Å². The van der Waals surface area contributed by atoms with Gasteiger partial charge in [-0.1, -0.05) is 18.2 Å². The van der Waals surface area contributed by atoms with Gasteiger partial charge in [-0.3, -0.25) is 9.69 Å². The number of aliphatic hydroxyl groups is 1. The Kier molecular flexibility index (Phi) is 6.87. The number of aliphatic hydroxyl groups excluding tert-OH is 1. The van der Waals surface area contributed by atoms with E-state index in [0.29, 0.717) is 19.6 Å². The number of ether oxygens (including phenoxy) is 1. The molecule has 0 bridgehead atoms. The molecule has 138 valence electrons. The van der Waals surface area contributed by atoms with Crippen LogP contribution in [-0.2, 0) is 0 Å². The van der Waals surface area contributed by atoms with Crippen LogP contribution in [0.1, 0.15) is 10.4 Å². The zero-order chi connectivity index (χ0) is 18.4. The van der Waals surface area contributed by atoms with Crippen LogP contribution in [-0.4, -0.2) is 66.2 Å². The Labute approximate surface area is 167 Å². The highest BCUT2D eigenvalue weighted by atomic mass is 127. The SMILES string of the molecule is O=C(c1ccccc1)N1CCN(C[C@H](O)COc2ccc(I)cc2)CC1. The van der Waals surface area contributed by atoms with Gasteiger partial charge in [0.1, 0.15) is 18.5 Å². The third kappa shape index (κ3) is 5.43. The number of piperazine rings is 1. The number of benzene rings is 2. The number of hydrogen-bond acceptors (Lipinski definition) is 4. The number of halogens is 1. The summed E-state index contributed by atoms with van der Waals surface area (Å²) in [5.74, 6) is 0.843. The molecule has 1 heterocycles. The molecule has 0 unspecified atom stereocenters. The van der Waals surface area contributed by atoms with Gasteiger partial charge >= 0.3 is 0 Å². The molecule has 1 aliphatic heterocycles. The fourth-order valence-corrected chi connectivity index (χ4v) is 3.33. The van der Waals surface area contributed by atoms with Crippen molar-refractivity contribution in [3.8, 4) is 5.75 Å². The van der Waals surface area contributed by atoms with E-state index in [2.05, 4.69) is 27.5 Å². The van der Waals surface area contributed by atoms with Gasteiger partial charge in [-0.25, -0.2) is 0 Å². The number of rotatable bonds is 6. The van der Waals surface area contributed by atoms with Crippen molar-refractivity contribution in [3.63, 3.8) is 0 Å². The van der Waals surface area contributed by atoms with Crippen LogP contribution in [0.25, 0.3) is 0 Å². The molecule has 0 aromatic heterocycles. The lowest BCUT2D eigenvalue weighted by Gasteiger charge is -2.35. The second kappa shape index (κ2) is 9.34. The van der Waals surface area contributed by atoms with E-state index in [9.17, 15) is 9.90 Å². The number of carbonyl (C=O) groups is 1. The van der Waals surface area contributed by atoms with E-state index in [1.807, 2.05) is 59.5 Å². The Balaban J connectivity index is 1.40. The number of carbonyl (C=O) groups excluding carboxylic acids is 1. The molecule has 1 atom stereocenters. The number of nitrogens with zero attached hydrogens (tertiary/aromatic N) is 2. The zero-order valence-corrected chi connectivity index (χ0v) is 16.7. The van der Waals surface area contributed by atoms with E-state index in [4.69, 9.17) is 4.74 Å². The van der Waals surface area contributed by atoms with Crippen molar-refractivity contribution in [3.05, 3.63) is 63.7 Å². The smallest absolute Gasteiger partial charge is 0.253 e. The Morgan fingerprint density at radius 1 is 1.04 bits per heavy atom. The van der Waals surface area contributed by atoms with Gasteiger partial charge in [-0.2, -0.15) is 0 Å². The molecule has 0 aliphatic carbocycles. The molecule has 6 heteroatoms. The van der Waals surface area contributed by atoms with E-state index in [-0.39, 0.29) is 12.5 Å². The van der Waals surface area contributed by atoms with Crippen molar-refractivity contribution in [2.45, 2.75) is 6.10 Å². The standard InChI is InChI=1S/C20H23IN2O3/c21-17-6-8-19(9-7-17)26-15-18(24)14-22-10-12-23(13-11-22)20(25)16-4-2-1-3-5-16/h1-9,18,24H,10-15H2/t18-/m0/s1. The van der Waals surface area contributed by atoms with Gasteiger partial charge < -0.3 is 14.7 Å². The molecular formula is C20H23IN2O3. The Bertz CT molecular complexity index is 701. The van der Waals surface area contributed by atoms with Crippen LogP contribution in [0.4, 0.5) is 0 Å². The first-order chi connectivity index (χ1) is 12.6.